The summed E-state index contributed by atoms with van der Waals surface area (Å²) in [6, 6.07) is 13.0. The number of carboxylic acids is 1. The first-order valence-electron chi connectivity index (χ1n) is 11.7. The number of hydrogen-bond donors (Lipinski definition) is 2. The number of carboxylic acid groups (broad SMARTS) is 1. The normalized spacial score (nSPS) is 20.2. The molecule has 2 aliphatic heterocycles. The van der Waals surface area contributed by atoms with Crippen LogP contribution in [-0.2, 0) is 11.2 Å². The van der Waals surface area contributed by atoms with Gasteiger partial charge in [-0.15, -0.1) is 0 Å². The summed E-state index contributed by atoms with van der Waals surface area (Å²) in [5.74, 6) is -0.331. The summed E-state index contributed by atoms with van der Waals surface area (Å²) in [6.45, 7) is 4.00. The first-order valence-corrected chi connectivity index (χ1v) is 11.7. The lowest BCUT2D eigenvalue weighted by Crippen LogP contribution is -2.34. The van der Waals surface area contributed by atoms with Gasteiger partial charge in [0.2, 0.25) is 0 Å². The van der Waals surface area contributed by atoms with Gasteiger partial charge in [-0.05, 0) is 61.4 Å². The molecule has 2 aliphatic rings. The van der Waals surface area contributed by atoms with Gasteiger partial charge in [0.05, 0.1) is 12.6 Å². The number of amides is 1. The maximum atomic E-state index is 12.7. The summed E-state index contributed by atoms with van der Waals surface area (Å²) >= 11 is 0. The van der Waals surface area contributed by atoms with Crippen molar-refractivity contribution in [1.82, 2.24) is 5.01 Å². The maximum Gasteiger partial charge on any atom is 0.303 e. The second-order valence-corrected chi connectivity index (χ2v) is 8.78. The molecule has 7 heteroatoms. The zero-order valence-electron chi connectivity index (χ0n) is 19.0. The van der Waals surface area contributed by atoms with Crippen molar-refractivity contribution in [2.24, 2.45) is 11.0 Å². The SMILES string of the molecule is CCC1Oc2cc(NC(=O)c3ccc(C=NN4CCCCC4)cc3)ccc2CC1CC(=O)O. The van der Waals surface area contributed by atoms with Gasteiger partial charge in [-0.3, -0.25) is 14.6 Å². The molecular formula is C26H31N3O4. The van der Waals surface area contributed by atoms with Gasteiger partial charge in [0.1, 0.15) is 11.9 Å². The maximum absolute atomic E-state index is 12.7. The third-order valence-electron chi connectivity index (χ3n) is 6.33. The molecule has 1 saturated heterocycles. The van der Waals surface area contributed by atoms with Crippen molar-refractivity contribution >= 4 is 23.8 Å². The molecule has 2 aromatic rings. The number of hydrazone groups is 1. The van der Waals surface area contributed by atoms with Crippen LogP contribution in [0.15, 0.2) is 47.6 Å². The number of rotatable bonds is 7. The largest absolute Gasteiger partial charge is 0.490 e. The third kappa shape index (κ3) is 5.92. The molecule has 2 unspecified atom stereocenters. The minimum absolute atomic E-state index is 0.0441. The average Bonchev–Trinajstić information content (AvgIpc) is 2.83. The second kappa shape index (κ2) is 10.5. The summed E-state index contributed by atoms with van der Waals surface area (Å²) in [5, 5.41) is 18.7. The standard InChI is InChI=1S/C26H31N3O4/c1-2-23-21(15-25(30)31)14-20-10-11-22(16-24(20)33-23)28-26(32)19-8-6-18(7-9-19)17-27-29-12-4-3-5-13-29/h6-11,16-17,21,23H,2-5,12-15H2,1H3,(H,28,32)(H,30,31). The molecule has 2 atom stereocenters. The molecule has 0 saturated carbocycles. The molecular weight excluding hydrogens is 418 g/mol. The van der Waals surface area contributed by atoms with Crippen molar-refractivity contribution in [2.75, 3.05) is 18.4 Å². The predicted molar refractivity (Wildman–Crippen MR) is 128 cm³/mol. The number of hydrogen-bond acceptors (Lipinski definition) is 5. The Morgan fingerprint density at radius 3 is 2.61 bits per heavy atom. The van der Waals surface area contributed by atoms with Crippen LogP contribution in [0.2, 0.25) is 0 Å². The fourth-order valence-electron chi connectivity index (χ4n) is 4.49. The number of nitrogens with zero attached hydrogens (tertiary/aromatic N) is 2. The Kier molecular flexibility index (Phi) is 7.27. The molecule has 4 rings (SSSR count). The lowest BCUT2D eigenvalue weighted by atomic mass is 9.87. The van der Waals surface area contributed by atoms with Crippen LogP contribution < -0.4 is 10.1 Å². The Hall–Kier alpha value is -3.35. The summed E-state index contributed by atoms with van der Waals surface area (Å²) in [6.07, 6.45) is 6.84. The summed E-state index contributed by atoms with van der Waals surface area (Å²) in [5.41, 5.74) is 3.15. The Bertz CT molecular complexity index is 1010. The molecule has 1 amide bonds. The summed E-state index contributed by atoms with van der Waals surface area (Å²) in [7, 11) is 0. The van der Waals surface area contributed by atoms with Crippen LogP contribution in [0.3, 0.4) is 0 Å². The van der Waals surface area contributed by atoms with Crippen LogP contribution in [0.25, 0.3) is 0 Å². The van der Waals surface area contributed by atoms with Gasteiger partial charge in [0.15, 0.2) is 0 Å². The van der Waals surface area contributed by atoms with E-state index >= 15 is 0 Å². The van der Waals surface area contributed by atoms with Gasteiger partial charge in [-0.25, -0.2) is 0 Å². The van der Waals surface area contributed by atoms with E-state index in [2.05, 4.69) is 15.4 Å². The Morgan fingerprint density at radius 2 is 1.91 bits per heavy atom. The lowest BCUT2D eigenvalue weighted by Gasteiger charge is -2.32. The summed E-state index contributed by atoms with van der Waals surface area (Å²) < 4.78 is 6.08. The molecule has 7 nitrogen and oxygen atoms in total. The molecule has 174 valence electrons. The van der Waals surface area contributed by atoms with Gasteiger partial charge in [0.25, 0.3) is 5.91 Å². The number of carbonyl (C=O) groups is 2. The molecule has 0 aliphatic carbocycles. The highest BCUT2D eigenvalue weighted by Crippen LogP contribution is 2.35. The van der Waals surface area contributed by atoms with Crippen LogP contribution in [0.5, 0.6) is 5.75 Å². The van der Waals surface area contributed by atoms with E-state index in [1.807, 2.05) is 43.5 Å². The molecule has 2 heterocycles. The minimum atomic E-state index is -0.807. The Morgan fingerprint density at radius 1 is 1.15 bits per heavy atom. The summed E-state index contributed by atoms with van der Waals surface area (Å²) in [4.78, 5) is 23.9. The Labute approximate surface area is 194 Å². The highest BCUT2D eigenvalue weighted by molar-refractivity contribution is 6.04. The first kappa shape index (κ1) is 22.8. The molecule has 33 heavy (non-hydrogen) atoms. The molecule has 1 fully saturated rings. The average molecular weight is 450 g/mol. The van der Waals surface area contributed by atoms with Crippen molar-refractivity contribution in [2.45, 2.75) is 51.6 Å². The van der Waals surface area contributed by atoms with Gasteiger partial charge in [-0.1, -0.05) is 25.1 Å². The van der Waals surface area contributed by atoms with Crippen molar-refractivity contribution in [1.29, 1.82) is 0 Å². The zero-order valence-corrected chi connectivity index (χ0v) is 19.0. The number of carbonyl (C=O) groups excluding carboxylic acids is 1. The van der Waals surface area contributed by atoms with E-state index in [9.17, 15) is 14.7 Å². The van der Waals surface area contributed by atoms with Crippen LogP contribution in [0.4, 0.5) is 5.69 Å². The number of piperidine rings is 1. The van der Waals surface area contributed by atoms with Gasteiger partial charge < -0.3 is 15.2 Å². The molecule has 2 N–H and O–H groups in total. The van der Waals surface area contributed by atoms with Gasteiger partial charge in [0, 0.05) is 36.3 Å². The van der Waals surface area contributed by atoms with Crippen LogP contribution in [-0.4, -0.2) is 47.4 Å². The number of fused-ring (bicyclic) bond motifs is 1. The molecule has 0 bridgehead atoms. The van der Waals surface area contributed by atoms with E-state index in [1.165, 1.54) is 19.3 Å². The third-order valence-corrected chi connectivity index (χ3v) is 6.33. The highest BCUT2D eigenvalue weighted by atomic mass is 16.5. The lowest BCUT2D eigenvalue weighted by molar-refractivity contribution is -0.139. The molecule has 0 radical (unpaired) electrons. The highest BCUT2D eigenvalue weighted by Gasteiger charge is 2.30. The second-order valence-electron chi connectivity index (χ2n) is 8.78. The van der Waals surface area contributed by atoms with Gasteiger partial charge in [-0.2, -0.15) is 5.10 Å². The number of anilines is 1. The smallest absolute Gasteiger partial charge is 0.303 e. The fourth-order valence-corrected chi connectivity index (χ4v) is 4.49. The first-order chi connectivity index (χ1) is 16.0. The van der Waals surface area contributed by atoms with E-state index in [0.29, 0.717) is 23.4 Å². The van der Waals surface area contributed by atoms with Gasteiger partial charge >= 0.3 is 5.97 Å². The van der Waals surface area contributed by atoms with E-state index in [0.717, 1.165) is 30.6 Å². The monoisotopic (exact) mass is 449 g/mol. The molecule has 0 spiro atoms. The molecule has 2 aromatic carbocycles. The van der Waals surface area contributed by atoms with Crippen molar-refractivity contribution < 1.29 is 19.4 Å². The van der Waals surface area contributed by atoms with Crippen molar-refractivity contribution in [3.63, 3.8) is 0 Å². The van der Waals surface area contributed by atoms with E-state index in [4.69, 9.17) is 4.74 Å². The zero-order chi connectivity index (χ0) is 23.2. The van der Waals surface area contributed by atoms with E-state index in [-0.39, 0.29) is 24.3 Å². The van der Waals surface area contributed by atoms with E-state index in [1.54, 1.807) is 12.1 Å². The van der Waals surface area contributed by atoms with Crippen LogP contribution in [0.1, 0.15) is 60.5 Å². The number of benzene rings is 2. The number of nitrogens with one attached hydrogen (secondary N) is 1. The fraction of sp³-hybridized carbons (Fsp3) is 0.423. The number of aliphatic carboxylic acids is 1. The Balaban J connectivity index is 1.38. The van der Waals surface area contributed by atoms with E-state index < -0.39 is 5.97 Å². The topological polar surface area (TPSA) is 91.2 Å². The predicted octanol–water partition coefficient (Wildman–Crippen LogP) is 4.56. The van der Waals surface area contributed by atoms with Crippen LogP contribution in [0, 0.1) is 5.92 Å². The number of ether oxygens (including phenoxy) is 1. The molecule has 0 aromatic heterocycles. The van der Waals surface area contributed by atoms with Crippen molar-refractivity contribution in [3.8, 4) is 5.75 Å². The van der Waals surface area contributed by atoms with Crippen molar-refractivity contribution in [3.05, 3.63) is 59.2 Å². The minimum Gasteiger partial charge on any atom is -0.490 e. The van der Waals surface area contributed by atoms with Crippen LogP contribution >= 0.6 is 0 Å². The quantitative estimate of drug-likeness (QED) is 0.605.